The van der Waals surface area contributed by atoms with Gasteiger partial charge < -0.3 is 15.4 Å². The molecule has 1 aliphatic heterocycles. The molecule has 0 amide bonds. The molecule has 2 N–H and O–H groups in total. The molecule has 1 fully saturated rings. The van der Waals surface area contributed by atoms with E-state index in [2.05, 4.69) is 0 Å². The molecular formula is C14H21FN2O. The smallest absolute Gasteiger partial charge is 0.146 e. The van der Waals surface area contributed by atoms with Gasteiger partial charge in [-0.3, -0.25) is 0 Å². The molecular weight excluding hydrogens is 231 g/mol. The van der Waals surface area contributed by atoms with Gasteiger partial charge in [-0.1, -0.05) is 6.07 Å². The monoisotopic (exact) mass is 252 g/mol. The van der Waals surface area contributed by atoms with Crippen LogP contribution >= 0.6 is 0 Å². The Hall–Kier alpha value is -1.13. The molecule has 2 rings (SSSR count). The van der Waals surface area contributed by atoms with Crippen LogP contribution in [0.25, 0.3) is 0 Å². The van der Waals surface area contributed by atoms with E-state index in [9.17, 15) is 4.39 Å². The molecule has 1 heterocycles. The summed E-state index contributed by atoms with van der Waals surface area (Å²) in [6.07, 6.45) is 0.252. The third-order valence-corrected chi connectivity index (χ3v) is 3.26. The second kappa shape index (κ2) is 5.24. The average molecular weight is 252 g/mol. The molecule has 1 aliphatic rings. The summed E-state index contributed by atoms with van der Waals surface area (Å²) in [5.74, 6) is -0.203. The van der Waals surface area contributed by atoms with E-state index in [1.807, 2.05) is 37.8 Å². The van der Waals surface area contributed by atoms with Crippen LogP contribution in [-0.2, 0) is 4.74 Å². The molecule has 1 saturated heterocycles. The fourth-order valence-electron chi connectivity index (χ4n) is 2.44. The summed E-state index contributed by atoms with van der Waals surface area (Å²) in [5.41, 5.74) is 7.22. The highest BCUT2D eigenvalue weighted by Crippen LogP contribution is 2.25. The van der Waals surface area contributed by atoms with E-state index in [1.54, 1.807) is 0 Å². The number of anilines is 1. The minimum atomic E-state index is -0.203. The summed E-state index contributed by atoms with van der Waals surface area (Å²) < 4.78 is 19.8. The first-order valence-electron chi connectivity index (χ1n) is 6.43. The fraction of sp³-hybridized carbons (Fsp3) is 0.571. The molecule has 3 nitrogen and oxygen atoms in total. The van der Waals surface area contributed by atoms with E-state index in [4.69, 9.17) is 10.5 Å². The largest absolute Gasteiger partial charge is 0.372 e. The van der Waals surface area contributed by atoms with Gasteiger partial charge in [0.05, 0.1) is 17.9 Å². The van der Waals surface area contributed by atoms with Crippen LogP contribution in [0.1, 0.15) is 32.4 Å². The van der Waals surface area contributed by atoms with E-state index >= 15 is 0 Å². The van der Waals surface area contributed by atoms with Gasteiger partial charge in [0.15, 0.2) is 0 Å². The summed E-state index contributed by atoms with van der Waals surface area (Å²) in [7, 11) is 0. The number of nitrogens with two attached hydrogens (primary N) is 1. The lowest BCUT2D eigenvalue weighted by Crippen LogP contribution is -2.45. The zero-order valence-electron chi connectivity index (χ0n) is 11.2. The van der Waals surface area contributed by atoms with Crippen molar-refractivity contribution >= 4 is 5.69 Å². The lowest BCUT2D eigenvalue weighted by atomic mass is 10.1. The van der Waals surface area contributed by atoms with Crippen molar-refractivity contribution in [2.75, 3.05) is 18.0 Å². The van der Waals surface area contributed by atoms with E-state index < -0.39 is 0 Å². The predicted octanol–water partition coefficient (Wildman–Crippen LogP) is 2.46. The van der Waals surface area contributed by atoms with Crippen LogP contribution in [0.15, 0.2) is 18.2 Å². The maximum atomic E-state index is 14.1. The van der Waals surface area contributed by atoms with Crippen LogP contribution in [0.3, 0.4) is 0 Å². The number of rotatable bonds is 2. The first kappa shape index (κ1) is 13.3. The van der Waals surface area contributed by atoms with Crippen LogP contribution < -0.4 is 10.6 Å². The molecule has 0 saturated carbocycles. The normalized spacial score (nSPS) is 26.2. The quantitative estimate of drug-likeness (QED) is 0.878. The standard InChI is InChI=1S/C14H21FN2O/c1-9-7-17(8-10(2)18-9)14-5-4-12(11(3)16)6-13(14)15/h4-6,9-11H,7-8,16H2,1-3H3/t9-,10+,11?. The van der Waals surface area contributed by atoms with Gasteiger partial charge in [-0.2, -0.15) is 0 Å². The molecule has 0 spiro atoms. The average Bonchev–Trinajstić information content (AvgIpc) is 2.27. The Kier molecular flexibility index (Phi) is 3.88. The van der Waals surface area contributed by atoms with Gasteiger partial charge in [-0.05, 0) is 38.5 Å². The van der Waals surface area contributed by atoms with Crippen molar-refractivity contribution in [1.29, 1.82) is 0 Å². The summed E-state index contributed by atoms with van der Waals surface area (Å²) in [6, 6.07) is 5.10. The van der Waals surface area contributed by atoms with Crippen molar-refractivity contribution < 1.29 is 9.13 Å². The summed E-state index contributed by atoms with van der Waals surface area (Å²) in [5, 5.41) is 0. The number of halogens is 1. The molecule has 1 aromatic rings. The van der Waals surface area contributed by atoms with Crippen molar-refractivity contribution in [2.24, 2.45) is 5.73 Å². The maximum absolute atomic E-state index is 14.1. The molecule has 3 atom stereocenters. The molecule has 100 valence electrons. The van der Waals surface area contributed by atoms with Crippen molar-refractivity contribution in [2.45, 2.75) is 39.0 Å². The summed E-state index contributed by atoms with van der Waals surface area (Å²) in [6.45, 7) is 7.32. The van der Waals surface area contributed by atoms with Gasteiger partial charge in [0.2, 0.25) is 0 Å². The Bertz CT molecular complexity index is 412. The highest BCUT2D eigenvalue weighted by Gasteiger charge is 2.24. The third-order valence-electron chi connectivity index (χ3n) is 3.26. The fourth-order valence-corrected chi connectivity index (χ4v) is 2.44. The van der Waals surface area contributed by atoms with Crippen molar-refractivity contribution in [3.05, 3.63) is 29.6 Å². The second-order valence-corrected chi connectivity index (χ2v) is 5.16. The summed E-state index contributed by atoms with van der Waals surface area (Å²) in [4.78, 5) is 2.04. The molecule has 0 aromatic heterocycles. The number of hydrogen-bond acceptors (Lipinski definition) is 3. The highest BCUT2D eigenvalue weighted by molar-refractivity contribution is 5.50. The Balaban J connectivity index is 2.22. The number of benzene rings is 1. The van der Waals surface area contributed by atoms with Gasteiger partial charge in [-0.15, -0.1) is 0 Å². The van der Waals surface area contributed by atoms with Crippen molar-refractivity contribution in [1.82, 2.24) is 0 Å². The van der Waals surface area contributed by atoms with Gasteiger partial charge in [-0.25, -0.2) is 4.39 Å². The number of ether oxygens (including phenoxy) is 1. The van der Waals surface area contributed by atoms with E-state index in [-0.39, 0.29) is 24.1 Å². The van der Waals surface area contributed by atoms with Gasteiger partial charge in [0.25, 0.3) is 0 Å². The topological polar surface area (TPSA) is 38.5 Å². The molecule has 1 aromatic carbocycles. The Morgan fingerprint density at radius 2 is 1.94 bits per heavy atom. The lowest BCUT2D eigenvalue weighted by Gasteiger charge is -2.37. The summed E-state index contributed by atoms with van der Waals surface area (Å²) >= 11 is 0. The van der Waals surface area contributed by atoms with Crippen LogP contribution in [-0.4, -0.2) is 25.3 Å². The van der Waals surface area contributed by atoms with Crippen LogP contribution in [0.5, 0.6) is 0 Å². The van der Waals surface area contributed by atoms with Gasteiger partial charge in [0.1, 0.15) is 5.82 Å². The molecule has 1 unspecified atom stereocenters. The van der Waals surface area contributed by atoms with Crippen LogP contribution in [0, 0.1) is 5.82 Å². The SMILES string of the molecule is CC(N)c1ccc(N2C[C@@H](C)O[C@@H](C)C2)c(F)c1. The van der Waals surface area contributed by atoms with E-state index in [0.29, 0.717) is 5.69 Å². The zero-order valence-corrected chi connectivity index (χ0v) is 11.2. The zero-order chi connectivity index (χ0) is 13.3. The van der Waals surface area contributed by atoms with Crippen LogP contribution in [0.2, 0.25) is 0 Å². The number of morpholine rings is 1. The van der Waals surface area contributed by atoms with Crippen molar-refractivity contribution in [3.63, 3.8) is 0 Å². The number of hydrogen-bond donors (Lipinski definition) is 1. The Morgan fingerprint density at radius 1 is 1.33 bits per heavy atom. The Morgan fingerprint density at radius 3 is 2.44 bits per heavy atom. The second-order valence-electron chi connectivity index (χ2n) is 5.16. The first-order chi connectivity index (χ1) is 8.47. The van der Waals surface area contributed by atoms with Crippen molar-refractivity contribution in [3.8, 4) is 0 Å². The van der Waals surface area contributed by atoms with Gasteiger partial charge in [0, 0.05) is 19.1 Å². The minimum absolute atomic E-state index is 0.126. The highest BCUT2D eigenvalue weighted by atomic mass is 19.1. The molecule has 4 heteroatoms. The van der Waals surface area contributed by atoms with E-state index in [1.165, 1.54) is 6.07 Å². The third kappa shape index (κ3) is 2.82. The number of nitrogens with zero attached hydrogens (tertiary/aromatic N) is 1. The maximum Gasteiger partial charge on any atom is 0.146 e. The first-order valence-corrected chi connectivity index (χ1v) is 6.43. The molecule has 0 radical (unpaired) electrons. The lowest BCUT2D eigenvalue weighted by molar-refractivity contribution is -0.00539. The van der Waals surface area contributed by atoms with E-state index in [0.717, 1.165) is 18.7 Å². The predicted molar refractivity (Wildman–Crippen MR) is 71.2 cm³/mol. The molecule has 0 aliphatic carbocycles. The molecule has 18 heavy (non-hydrogen) atoms. The van der Waals surface area contributed by atoms with Gasteiger partial charge >= 0.3 is 0 Å². The molecule has 0 bridgehead atoms. The van der Waals surface area contributed by atoms with Crippen LogP contribution in [0.4, 0.5) is 10.1 Å². The minimum Gasteiger partial charge on any atom is -0.372 e. The Labute approximate surface area is 108 Å².